The molecule has 0 bridgehead atoms. The summed E-state index contributed by atoms with van der Waals surface area (Å²) in [7, 11) is 0. The van der Waals surface area contributed by atoms with E-state index in [9.17, 15) is 24.3 Å². The minimum absolute atomic E-state index is 0.264. The van der Waals surface area contributed by atoms with Crippen LogP contribution < -0.4 is 21.7 Å². The van der Waals surface area contributed by atoms with Crippen molar-refractivity contribution in [3.63, 3.8) is 0 Å². The molecule has 0 radical (unpaired) electrons. The van der Waals surface area contributed by atoms with Crippen LogP contribution in [0.5, 0.6) is 0 Å². The summed E-state index contributed by atoms with van der Waals surface area (Å²) in [6, 6.07) is 6.37. The van der Waals surface area contributed by atoms with E-state index in [0.717, 1.165) is 0 Å². The van der Waals surface area contributed by atoms with Crippen molar-refractivity contribution < 1.29 is 14.7 Å². The first-order valence-electron chi connectivity index (χ1n) is 5.67. The summed E-state index contributed by atoms with van der Waals surface area (Å²) < 4.78 is 0.701. The van der Waals surface area contributed by atoms with E-state index in [1.165, 1.54) is 6.07 Å². The number of nitrogens with zero attached hydrogens (tertiary/aromatic N) is 1. The van der Waals surface area contributed by atoms with E-state index in [0.29, 0.717) is 10.1 Å². The Labute approximate surface area is 111 Å². The average molecular weight is 276 g/mol. The van der Waals surface area contributed by atoms with Gasteiger partial charge in [0.1, 0.15) is 6.54 Å². The fourth-order valence-electron chi connectivity index (χ4n) is 1.71. The third kappa shape index (κ3) is 2.74. The van der Waals surface area contributed by atoms with Gasteiger partial charge in [-0.25, -0.2) is 4.79 Å². The normalized spacial score (nSPS) is 10.4. The van der Waals surface area contributed by atoms with Gasteiger partial charge in [-0.3, -0.25) is 14.2 Å². The zero-order valence-electron chi connectivity index (χ0n) is 10.2. The summed E-state index contributed by atoms with van der Waals surface area (Å²) in [5, 5.41) is 12.5. The van der Waals surface area contributed by atoms with Crippen LogP contribution >= 0.6 is 0 Å². The van der Waals surface area contributed by atoms with E-state index < -0.39 is 36.2 Å². The van der Waals surface area contributed by atoms with Crippen LogP contribution in [0.2, 0.25) is 0 Å². The molecule has 0 aliphatic rings. The first kappa shape index (κ1) is 13.5. The van der Waals surface area contributed by atoms with Gasteiger partial charge in [-0.1, -0.05) is 12.1 Å². The second-order valence-electron chi connectivity index (χ2n) is 4.02. The van der Waals surface area contributed by atoms with Crippen LogP contribution in [0.25, 0.3) is 10.9 Å². The number of hydrogen-bond acceptors (Lipinski definition) is 5. The van der Waals surface area contributed by atoms with Gasteiger partial charge in [0.05, 0.1) is 23.4 Å². The molecule has 0 atom stereocenters. The Morgan fingerprint density at radius 1 is 1.25 bits per heavy atom. The van der Waals surface area contributed by atoms with Gasteiger partial charge >= 0.3 is 5.69 Å². The Bertz CT molecular complexity index is 790. The van der Waals surface area contributed by atoms with Crippen LogP contribution in [0.1, 0.15) is 0 Å². The molecule has 8 heteroatoms. The second kappa shape index (κ2) is 5.39. The Morgan fingerprint density at radius 2 is 1.95 bits per heavy atom. The number of nitrogens with one attached hydrogen (secondary N) is 2. The number of H-pyrrole nitrogens is 1. The summed E-state index contributed by atoms with van der Waals surface area (Å²) in [4.78, 5) is 47.9. The van der Waals surface area contributed by atoms with Crippen molar-refractivity contribution in [2.75, 3.05) is 6.54 Å². The van der Waals surface area contributed by atoms with Gasteiger partial charge < -0.3 is 20.2 Å². The Hall–Kier alpha value is -2.90. The molecule has 8 nitrogen and oxygen atoms in total. The van der Waals surface area contributed by atoms with Crippen molar-refractivity contribution in [2.45, 2.75) is 6.54 Å². The standard InChI is InChI=1S/C12H11N3O5/c16-9(13-5-10(17)18)6-15-11(19)7-3-1-2-4-8(7)14-12(15)20/h1-4H,5-6H2,(H,13,16)(H,14,20)(H,17,18)/p-1. The highest BCUT2D eigenvalue weighted by atomic mass is 16.4. The number of aromatic amines is 1. The predicted octanol–water partition coefficient (Wildman–Crippen LogP) is -2.44. The van der Waals surface area contributed by atoms with Crippen LogP contribution in [0.15, 0.2) is 33.9 Å². The number of carboxylic acids is 1. The van der Waals surface area contributed by atoms with Crippen LogP contribution in [-0.4, -0.2) is 28.0 Å². The minimum Gasteiger partial charge on any atom is -0.548 e. The quantitative estimate of drug-likeness (QED) is 0.641. The maximum absolute atomic E-state index is 12.1. The largest absolute Gasteiger partial charge is 0.548 e. The highest BCUT2D eigenvalue weighted by molar-refractivity contribution is 5.81. The zero-order valence-corrected chi connectivity index (χ0v) is 10.2. The van der Waals surface area contributed by atoms with Gasteiger partial charge in [0.15, 0.2) is 0 Å². The van der Waals surface area contributed by atoms with Gasteiger partial charge in [0.2, 0.25) is 5.91 Å². The molecule has 1 amide bonds. The number of aliphatic carboxylic acids is 1. The molecule has 1 aromatic heterocycles. The third-order valence-corrected chi connectivity index (χ3v) is 2.62. The first-order valence-corrected chi connectivity index (χ1v) is 5.67. The van der Waals surface area contributed by atoms with Crippen LogP contribution in [0.4, 0.5) is 0 Å². The van der Waals surface area contributed by atoms with E-state index in [2.05, 4.69) is 4.98 Å². The van der Waals surface area contributed by atoms with Gasteiger partial charge in [0, 0.05) is 0 Å². The molecular weight excluding hydrogens is 266 g/mol. The Kier molecular flexibility index (Phi) is 3.65. The molecule has 2 N–H and O–H groups in total. The number of para-hydroxylation sites is 1. The SMILES string of the molecule is O=C([O-])CNC(=O)Cn1c(=O)[nH]c2ccccc2c1=O. The average Bonchev–Trinajstić information content (AvgIpc) is 2.41. The zero-order chi connectivity index (χ0) is 14.7. The predicted molar refractivity (Wildman–Crippen MR) is 66.8 cm³/mol. The number of benzene rings is 1. The van der Waals surface area contributed by atoms with E-state index in [-0.39, 0.29) is 5.39 Å². The molecule has 2 aromatic rings. The monoisotopic (exact) mass is 276 g/mol. The second-order valence-corrected chi connectivity index (χ2v) is 4.02. The molecule has 20 heavy (non-hydrogen) atoms. The van der Waals surface area contributed by atoms with E-state index in [1.807, 2.05) is 5.32 Å². The van der Waals surface area contributed by atoms with Crippen LogP contribution in [0.3, 0.4) is 0 Å². The Balaban J connectivity index is 2.35. The summed E-state index contributed by atoms with van der Waals surface area (Å²) >= 11 is 0. The fourth-order valence-corrected chi connectivity index (χ4v) is 1.71. The lowest BCUT2D eigenvalue weighted by Crippen LogP contribution is -2.43. The molecule has 0 aliphatic carbocycles. The van der Waals surface area contributed by atoms with Crippen LogP contribution in [-0.2, 0) is 16.1 Å². The molecule has 0 unspecified atom stereocenters. The molecule has 0 fully saturated rings. The van der Waals surface area contributed by atoms with Crippen molar-refractivity contribution in [3.05, 3.63) is 45.1 Å². The maximum Gasteiger partial charge on any atom is 0.329 e. The highest BCUT2D eigenvalue weighted by Crippen LogP contribution is 2.02. The van der Waals surface area contributed by atoms with Crippen molar-refractivity contribution in [3.8, 4) is 0 Å². The number of carbonyl (C=O) groups is 2. The lowest BCUT2D eigenvalue weighted by molar-refractivity contribution is -0.304. The summed E-state index contributed by atoms with van der Waals surface area (Å²) in [5.41, 5.74) is -0.987. The smallest absolute Gasteiger partial charge is 0.329 e. The van der Waals surface area contributed by atoms with Gasteiger partial charge in [-0.05, 0) is 12.1 Å². The minimum atomic E-state index is -1.46. The molecule has 1 heterocycles. The maximum atomic E-state index is 12.1. The molecule has 1 aromatic carbocycles. The van der Waals surface area contributed by atoms with E-state index >= 15 is 0 Å². The van der Waals surface area contributed by atoms with Gasteiger partial charge in [0.25, 0.3) is 5.56 Å². The molecule has 2 rings (SSSR count). The van der Waals surface area contributed by atoms with Crippen molar-refractivity contribution in [1.82, 2.24) is 14.9 Å². The van der Waals surface area contributed by atoms with Gasteiger partial charge in [-0.15, -0.1) is 0 Å². The first-order chi connectivity index (χ1) is 9.49. The molecule has 0 spiro atoms. The lowest BCUT2D eigenvalue weighted by Gasteiger charge is -2.08. The van der Waals surface area contributed by atoms with Crippen LogP contribution in [0, 0.1) is 0 Å². The van der Waals surface area contributed by atoms with Crippen molar-refractivity contribution >= 4 is 22.8 Å². The number of aromatic nitrogens is 2. The number of amides is 1. The molecule has 0 aliphatic heterocycles. The third-order valence-electron chi connectivity index (χ3n) is 2.62. The molecule has 0 saturated heterocycles. The number of carbonyl (C=O) groups excluding carboxylic acids is 2. The summed E-state index contributed by atoms with van der Waals surface area (Å²) in [6.45, 7) is -1.24. The number of hydrogen-bond donors (Lipinski definition) is 2. The number of rotatable bonds is 4. The van der Waals surface area contributed by atoms with E-state index in [1.54, 1.807) is 18.2 Å². The van der Waals surface area contributed by atoms with Crippen molar-refractivity contribution in [1.29, 1.82) is 0 Å². The topological polar surface area (TPSA) is 124 Å². The molecular formula is C12H10N3O5-. The summed E-state index contributed by atoms with van der Waals surface area (Å²) in [6.07, 6.45) is 0. The number of fused-ring (bicyclic) bond motifs is 1. The van der Waals surface area contributed by atoms with Gasteiger partial charge in [-0.2, -0.15) is 0 Å². The van der Waals surface area contributed by atoms with Crippen molar-refractivity contribution in [2.24, 2.45) is 0 Å². The highest BCUT2D eigenvalue weighted by Gasteiger charge is 2.10. The van der Waals surface area contributed by atoms with E-state index in [4.69, 9.17) is 0 Å². The Morgan fingerprint density at radius 3 is 2.65 bits per heavy atom. The summed E-state index contributed by atoms with van der Waals surface area (Å²) in [5.74, 6) is -2.23. The molecule has 0 saturated carbocycles. The lowest BCUT2D eigenvalue weighted by atomic mass is 10.2. The molecule has 104 valence electrons. The fraction of sp³-hybridized carbons (Fsp3) is 0.167. The number of carboxylic acid groups (broad SMARTS) is 1.